The summed E-state index contributed by atoms with van der Waals surface area (Å²) < 4.78 is 0. The van der Waals surface area contributed by atoms with Crippen LogP contribution in [0.3, 0.4) is 0 Å². The first-order chi connectivity index (χ1) is 12.0. The number of carbonyl (C=O) groups is 2. The summed E-state index contributed by atoms with van der Waals surface area (Å²) in [5.41, 5.74) is 1.86. The Morgan fingerprint density at radius 1 is 0.880 bits per heavy atom. The molecule has 1 unspecified atom stereocenters. The molecular formula is C20H24N2O3. The molecule has 0 fully saturated rings. The summed E-state index contributed by atoms with van der Waals surface area (Å²) in [6, 6.07) is 17.4. The SMILES string of the molecule is CC(C)CC(NC(=O)NC(c1ccccc1)c1ccccc1)C(=O)O. The first-order valence-electron chi connectivity index (χ1n) is 8.37. The average molecular weight is 340 g/mol. The van der Waals surface area contributed by atoms with Gasteiger partial charge in [0.2, 0.25) is 0 Å². The van der Waals surface area contributed by atoms with Gasteiger partial charge in [0, 0.05) is 0 Å². The Hall–Kier alpha value is -2.82. The van der Waals surface area contributed by atoms with E-state index < -0.39 is 18.0 Å². The molecule has 0 aliphatic carbocycles. The smallest absolute Gasteiger partial charge is 0.326 e. The number of rotatable bonds is 7. The number of aliphatic carboxylic acids is 1. The number of carboxylic acid groups (broad SMARTS) is 1. The van der Waals surface area contributed by atoms with Gasteiger partial charge in [-0.1, -0.05) is 74.5 Å². The fraction of sp³-hybridized carbons (Fsp3) is 0.300. The maximum absolute atomic E-state index is 12.4. The second kappa shape index (κ2) is 8.87. The van der Waals surface area contributed by atoms with E-state index in [4.69, 9.17) is 0 Å². The summed E-state index contributed by atoms with van der Waals surface area (Å²) in [5, 5.41) is 14.8. The van der Waals surface area contributed by atoms with Crippen LogP contribution in [0, 0.1) is 5.92 Å². The van der Waals surface area contributed by atoms with E-state index in [1.165, 1.54) is 0 Å². The van der Waals surface area contributed by atoms with Gasteiger partial charge in [-0.2, -0.15) is 0 Å². The molecule has 3 N–H and O–H groups in total. The highest BCUT2D eigenvalue weighted by atomic mass is 16.4. The van der Waals surface area contributed by atoms with Crippen molar-refractivity contribution in [2.75, 3.05) is 0 Å². The highest BCUT2D eigenvalue weighted by molar-refractivity contribution is 5.83. The Bertz CT molecular complexity index is 647. The van der Waals surface area contributed by atoms with Crippen LogP contribution < -0.4 is 10.6 Å². The third-order valence-electron chi connectivity index (χ3n) is 3.85. The molecule has 0 radical (unpaired) electrons. The largest absolute Gasteiger partial charge is 0.480 e. The van der Waals surface area contributed by atoms with Crippen LogP contribution in [0.15, 0.2) is 60.7 Å². The molecule has 0 saturated heterocycles. The van der Waals surface area contributed by atoms with Gasteiger partial charge in [0.25, 0.3) is 0 Å². The van der Waals surface area contributed by atoms with Crippen LogP contribution in [0.2, 0.25) is 0 Å². The monoisotopic (exact) mass is 340 g/mol. The van der Waals surface area contributed by atoms with E-state index in [-0.39, 0.29) is 12.0 Å². The molecule has 0 saturated carbocycles. The molecule has 0 bridgehead atoms. The van der Waals surface area contributed by atoms with Crippen LogP contribution in [0.1, 0.15) is 37.4 Å². The number of urea groups is 1. The van der Waals surface area contributed by atoms with Gasteiger partial charge in [-0.25, -0.2) is 9.59 Å². The maximum Gasteiger partial charge on any atom is 0.326 e. The Balaban J connectivity index is 2.16. The third-order valence-corrected chi connectivity index (χ3v) is 3.85. The summed E-state index contributed by atoms with van der Waals surface area (Å²) in [4.78, 5) is 23.8. The fourth-order valence-electron chi connectivity index (χ4n) is 2.67. The maximum atomic E-state index is 12.4. The minimum Gasteiger partial charge on any atom is -0.480 e. The summed E-state index contributed by atoms with van der Waals surface area (Å²) in [6.07, 6.45) is 0.379. The second-order valence-electron chi connectivity index (χ2n) is 6.39. The lowest BCUT2D eigenvalue weighted by Crippen LogP contribution is -2.47. The molecule has 2 rings (SSSR count). The van der Waals surface area contributed by atoms with Crippen molar-refractivity contribution < 1.29 is 14.7 Å². The van der Waals surface area contributed by atoms with Crippen LogP contribution in [-0.2, 0) is 4.79 Å². The zero-order chi connectivity index (χ0) is 18.2. The van der Waals surface area contributed by atoms with Gasteiger partial charge >= 0.3 is 12.0 Å². The number of hydrogen-bond acceptors (Lipinski definition) is 2. The van der Waals surface area contributed by atoms with Crippen LogP contribution >= 0.6 is 0 Å². The zero-order valence-electron chi connectivity index (χ0n) is 14.5. The minimum absolute atomic E-state index is 0.167. The van der Waals surface area contributed by atoms with E-state index in [1.54, 1.807) is 0 Å². The van der Waals surface area contributed by atoms with Crippen molar-refractivity contribution >= 4 is 12.0 Å². The van der Waals surface area contributed by atoms with Crippen LogP contribution in [0.5, 0.6) is 0 Å². The zero-order valence-corrected chi connectivity index (χ0v) is 14.5. The van der Waals surface area contributed by atoms with E-state index in [9.17, 15) is 14.7 Å². The number of nitrogens with one attached hydrogen (secondary N) is 2. The van der Waals surface area contributed by atoms with Gasteiger partial charge in [-0.05, 0) is 23.5 Å². The Labute approximate surface area is 148 Å². The number of benzene rings is 2. The fourth-order valence-corrected chi connectivity index (χ4v) is 2.67. The summed E-state index contributed by atoms with van der Waals surface area (Å²) in [6.45, 7) is 3.85. The molecule has 5 heteroatoms. The normalized spacial score (nSPS) is 12.0. The predicted molar refractivity (Wildman–Crippen MR) is 97.3 cm³/mol. The van der Waals surface area contributed by atoms with Crippen molar-refractivity contribution in [2.24, 2.45) is 5.92 Å². The number of amides is 2. The van der Waals surface area contributed by atoms with E-state index in [0.29, 0.717) is 6.42 Å². The first kappa shape index (κ1) is 18.5. The van der Waals surface area contributed by atoms with Crippen LogP contribution in [0.4, 0.5) is 4.79 Å². The van der Waals surface area contributed by atoms with Gasteiger partial charge in [0.15, 0.2) is 0 Å². The standard InChI is InChI=1S/C20H24N2O3/c1-14(2)13-17(19(23)24)21-20(25)22-18(15-9-5-3-6-10-15)16-11-7-4-8-12-16/h3-12,14,17-18H,13H2,1-2H3,(H,23,24)(H2,21,22,25). The Morgan fingerprint density at radius 2 is 1.36 bits per heavy atom. The van der Waals surface area contributed by atoms with Crippen molar-refractivity contribution in [2.45, 2.75) is 32.4 Å². The summed E-state index contributed by atoms with van der Waals surface area (Å²) in [5.74, 6) is -0.861. The highest BCUT2D eigenvalue weighted by Crippen LogP contribution is 2.21. The van der Waals surface area contributed by atoms with E-state index in [0.717, 1.165) is 11.1 Å². The molecule has 2 aromatic carbocycles. The van der Waals surface area contributed by atoms with Gasteiger partial charge < -0.3 is 15.7 Å². The number of hydrogen-bond donors (Lipinski definition) is 3. The Kier molecular flexibility index (Phi) is 6.57. The molecule has 0 heterocycles. The predicted octanol–water partition coefficient (Wildman–Crippen LogP) is 3.57. The van der Waals surface area contributed by atoms with Gasteiger partial charge in [-0.3, -0.25) is 0 Å². The second-order valence-corrected chi connectivity index (χ2v) is 6.39. The van der Waals surface area contributed by atoms with Crippen molar-refractivity contribution in [1.29, 1.82) is 0 Å². The molecule has 25 heavy (non-hydrogen) atoms. The Morgan fingerprint density at radius 3 is 1.76 bits per heavy atom. The lowest BCUT2D eigenvalue weighted by atomic mass is 9.99. The van der Waals surface area contributed by atoms with E-state index >= 15 is 0 Å². The van der Waals surface area contributed by atoms with Gasteiger partial charge in [0.1, 0.15) is 6.04 Å². The molecule has 2 aromatic rings. The highest BCUT2D eigenvalue weighted by Gasteiger charge is 2.23. The topological polar surface area (TPSA) is 78.4 Å². The van der Waals surface area contributed by atoms with E-state index in [1.807, 2.05) is 74.5 Å². The van der Waals surface area contributed by atoms with Gasteiger partial charge in [0.05, 0.1) is 6.04 Å². The first-order valence-corrected chi connectivity index (χ1v) is 8.37. The molecule has 0 aliphatic heterocycles. The van der Waals surface area contributed by atoms with Crippen molar-refractivity contribution in [3.8, 4) is 0 Å². The molecule has 0 aromatic heterocycles. The summed E-state index contributed by atoms with van der Waals surface area (Å²) >= 11 is 0. The molecule has 0 aliphatic rings. The minimum atomic E-state index is -1.03. The molecule has 132 valence electrons. The van der Waals surface area contributed by atoms with Crippen molar-refractivity contribution in [3.05, 3.63) is 71.8 Å². The van der Waals surface area contributed by atoms with Crippen molar-refractivity contribution in [3.63, 3.8) is 0 Å². The molecule has 5 nitrogen and oxygen atoms in total. The molecule has 2 amide bonds. The summed E-state index contributed by atoms with van der Waals surface area (Å²) in [7, 11) is 0. The van der Waals surface area contributed by atoms with Crippen LogP contribution in [-0.4, -0.2) is 23.1 Å². The lowest BCUT2D eigenvalue weighted by molar-refractivity contribution is -0.139. The van der Waals surface area contributed by atoms with Gasteiger partial charge in [-0.15, -0.1) is 0 Å². The third kappa shape index (κ3) is 5.64. The van der Waals surface area contributed by atoms with Crippen LogP contribution in [0.25, 0.3) is 0 Å². The average Bonchev–Trinajstić information content (AvgIpc) is 2.60. The molecular weight excluding hydrogens is 316 g/mol. The van der Waals surface area contributed by atoms with Crippen molar-refractivity contribution in [1.82, 2.24) is 10.6 Å². The molecule has 1 atom stereocenters. The molecule has 0 spiro atoms. The lowest BCUT2D eigenvalue weighted by Gasteiger charge is -2.22. The van der Waals surface area contributed by atoms with E-state index in [2.05, 4.69) is 10.6 Å². The quantitative estimate of drug-likeness (QED) is 0.721. The number of carbonyl (C=O) groups excluding carboxylic acids is 1. The number of carboxylic acids is 1.